The maximum absolute atomic E-state index is 12.9. The normalized spacial score (nSPS) is 11.6. The Bertz CT molecular complexity index is 1000. The molecule has 0 saturated carbocycles. The third kappa shape index (κ3) is 4.19. The van der Waals surface area contributed by atoms with E-state index >= 15 is 0 Å². The van der Waals surface area contributed by atoms with E-state index in [9.17, 15) is 18.3 Å². The molecule has 0 aliphatic rings. The lowest BCUT2D eigenvalue weighted by molar-refractivity contribution is -0.140. The van der Waals surface area contributed by atoms with Gasteiger partial charge in [0.05, 0.1) is 6.20 Å². The van der Waals surface area contributed by atoms with E-state index in [0.717, 1.165) is 17.3 Å². The summed E-state index contributed by atoms with van der Waals surface area (Å²) in [6, 6.07) is 5.40. The van der Waals surface area contributed by atoms with Crippen LogP contribution >= 0.6 is 11.6 Å². The third-order valence-electron chi connectivity index (χ3n) is 4.16. The fourth-order valence-electron chi connectivity index (χ4n) is 2.79. The molecule has 0 bridgehead atoms. The summed E-state index contributed by atoms with van der Waals surface area (Å²) in [6.45, 7) is 2.25. The first-order valence-electron chi connectivity index (χ1n) is 8.37. The second-order valence-corrected chi connectivity index (χ2v) is 6.47. The Labute approximate surface area is 164 Å². The molecule has 0 amide bonds. The van der Waals surface area contributed by atoms with Crippen LogP contribution in [0.2, 0.25) is 5.28 Å². The standard InChI is InChI=1S/C18H17ClF3N5O/c1-3-11-6-10(7-23-15-13(28)8-24-17(19)26-15)4-5-12(11)16-25-14(9-27(16)2)18(20,21)22/h4-6,8-9,28H,3,7H2,1-2H3,(H,23,24,26). The zero-order valence-electron chi connectivity index (χ0n) is 15.0. The lowest BCUT2D eigenvalue weighted by atomic mass is 10.0. The van der Waals surface area contributed by atoms with Gasteiger partial charge in [0, 0.05) is 25.4 Å². The molecular formula is C18H17ClF3N5O. The fraction of sp³-hybridized carbons (Fsp3) is 0.278. The minimum atomic E-state index is -4.49. The number of rotatable bonds is 5. The van der Waals surface area contributed by atoms with Crippen molar-refractivity contribution in [2.75, 3.05) is 5.32 Å². The van der Waals surface area contributed by atoms with Crippen LogP contribution in [0.5, 0.6) is 5.75 Å². The second-order valence-electron chi connectivity index (χ2n) is 6.13. The van der Waals surface area contributed by atoms with Crippen LogP contribution in [0.3, 0.4) is 0 Å². The number of imidazole rings is 1. The molecule has 3 aromatic rings. The molecule has 0 saturated heterocycles. The highest BCUT2D eigenvalue weighted by Gasteiger charge is 2.34. The van der Waals surface area contributed by atoms with Crippen molar-refractivity contribution < 1.29 is 18.3 Å². The van der Waals surface area contributed by atoms with Gasteiger partial charge >= 0.3 is 6.18 Å². The van der Waals surface area contributed by atoms with Gasteiger partial charge < -0.3 is 15.0 Å². The van der Waals surface area contributed by atoms with Crippen LogP contribution in [0, 0.1) is 0 Å². The van der Waals surface area contributed by atoms with E-state index in [0.29, 0.717) is 18.5 Å². The highest BCUT2D eigenvalue weighted by atomic mass is 35.5. The summed E-state index contributed by atoms with van der Waals surface area (Å²) in [5.74, 6) is 0.314. The minimum absolute atomic E-state index is 0.000135. The number of halogens is 4. The maximum atomic E-state index is 12.9. The largest absolute Gasteiger partial charge is 0.503 e. The summed E-state index contributed by atoms with van der Waals surface area (Å²) in [5, 5.41) is 12.7. The first kappa shape index (κ1) is 19.9. The summed E-state index contributed by atoms with van der Waals surface area (Å²) < 4.78 is 40.2. The smallest absolute Gasteiger partial charge is 0.434 e. The summed E-state index contributed by atoms with van der Waals surface area (Å²) in [7, 11) is 1.54. The highest BCUT2D eigenvalue weighted by molar-refractivity contribution is 6.28. The Morgan fingerprint density at radius 3 is 2.64 bits per heavy atom. The van der Waals surface area contributed by atoms with Crippen molar-refractivity contribution >= 4 is 17.4 Å². The molecule has 148 valence electrons. The third-order valence-corrected chi connectivity index (χ3v) is 4.34. The van der Waals surface area contributed by atoms with Crippen LogP contribution in [0.15, 0.2) is 30.6 Å². The number of hydrogen-bond donors (Lipinski definition) is 2. The lowest BCUT2D eigenvalue weighted by Gasteiger charge is -2.12. The van der Waals surface area contributed by atoms with Crippen molar-refractivity contribution in [3.05, 3.63) is 52.7 Å². The van der Waals surface area contributed by atoms with E-state index in [1.807, 2.05) is 13.0 Å². The minimum Gasteiger partial charge on any atom is -0.503 e. The Morgan fingerprint density at radius 2 is 2.00 bits per heavy atom. The number of anilines is 1. The molecule has 0 radical (unpaired) electrons. The summed E-state index contributed by atoms with van der Waals surface area (Å²) in [6.07, 6.45) is -1.71. The van der Waals surface area contributed by atoms with Gasteiger partial charge in [-0.05, 0) is 29.1 Å². The molecule has 28 heavy (non-hydrogen) atoms. The Balaban J connectivity index is 1.87. The first-order valence-corrected chi connectivity index (χ1v) is 8.75. The van der Waals surface area contributed by atoms with Crippen LogP contribution in [-0.4, -0.2) is 24.6 Å². The number of hydrogen-bond acceptors (Lipinski definition) is 5. The van der Waals surface area contributed by atoms with E-state index in [4.69, 9.17) is 11.6 Å². The molecule has 2 aromatic heterocycles. The van der Waals surface area contributed by atoms with E-state index < -0.39 is 11.9 Å². The number of benzene rings is 1. The van der Waals surface area contributed by atoms with Gasteiger partial charge in [0.2, 0.25) is 5.28 Å². The number of aryl methyl sites for hydroxylation is 2. The molecule has 0 fully saturated rings. The molecule has 0 aliphatic heterocycles. The maximum Gasteiger partial charge on any atom is 0.434 e. The molecular weight excluding hydrogens is 395 g/mol. The number of alkyl halides is 3. The van der Waals surface area contributed by atoms with Gasteiger partial charge in [0.1, 0.15) is 5.82 Å². The average Bonchev–Trinajstić information content (AvgIpc) is 3.04. The van der Waals surface area contributed by atoms with Crippen molar-refractivity contribution in [2.24, 2.45) is 7.05 Å². The van der Waals surface area contributed by atoms with E-state index in [-0.39, 0.29) is 22.7 Å². The predicted octanol–water partition coefficient (Wildman–Crippen LogP) is 4.43. The van der Waals surface area contributed by atoms with Gasteiger partial charge in [-0.25, -0.2) is 9.97 Å². The van der Waals surface area contributed by atoms with Crippen LogP contribution in [-0.2, 0) is 26.2 Å². The van der Waals surface area contributed by atoms with Gasteiger partial charge in [-0.3, -0.25) is 0 Å². The number of aromatic hydroxyl groups is 1. The number of aromatic nitrogens is 4. The van der Waals surface area contributed by atoms with E-state index in [1.165, 1.54) is 17.8 Å². The van der Waals surface area contributed by atoms with Crippen LogP contribution in [0.25, 0.3) is 11.4 Å². The molecule has 2 heterocycles. The summed E-state index contributed by atoms with van der Waals surface area (Å²) >= 11 is 5.72. The van der Waals surface area contributed by atoms with Gasteiger partial charge in [0.25, 0.3) is 0 Å². The molecule has 1 aromatic carbocycles. The zero-order valence-corrected chi connectivity index (χ0v) is 15.8. The van der Waals surface area contributed by atoms with E-state index in [2.05, 4.69) is 20.3 Å². The predicted molar refractivity (Wildman–Crippen MR) is 99.1 cm³/mol. The fourth-order valence-corrected chi connectivity index (χ4v) is 2.92. The average molecular weight is 412 g/mol. The van der Waals surface area contributed by atoms with Crippen molar-refractivity contribution in [3.63, 3.8) is 0 Å². The Kier molecular flexibility index (Phi) is 5.46. The van der Waals surface area contributed by atoms with Crippen molar-refractivity contribution in [3.8, 4) is 17.1 Å². The molecule has 0 atom stereocenters. The van der Waals surface area contributed by atoms with Gasteiger partial charge in [0.15, 0.2) is 17.3 Å². The second kappa shape index (κ2) is 7.67. The van der Waals surface area contributed by atoms with Crippen molar-refractivity contribution in [1.29, 1.82) is 0 Å². The van der Waals surface area contributed by atoms with Crippen molar-refractivity contribution in [2.45, 2.75) is 26.1 Å². The van der Waals surface area contributed by atoms with Crippen LogP contribution < -0.4 is 5.32 Å². The monoisotopic (exact) mass is 411 g/mol. The first-order chi connectivity index (χ1) is 13.2. The molecule has 3 rings (SSSR count). The summed E-state index contributed by atoms with van der Waals surface area (Å²) in [4.78, 5) is 11.3. The topological polar surface area (TPSA) is 75.9 Å². The quantitative estimate of drug-likeness (QED) is 0.607. The van der Waals surface area contributed by atoms with Gasteiger partial charge in [-0.2, -0.15) is 18.2 Å². The van der Waals surface area contributed by atoms with Gasteiger partial charge in [-0.15, -0.1) is 0 Å². The SMILES string of the molecule is CCc1cc(CNc2nc(Cl)ncc2O)ccc1-c1nc(C(F)(F)F)cn1C. The molecule has 0 unspecified atom stereocenters. The highest BCUT2D eigenvalue weighted by Crippen LogP contribution is 2.32. The van der Waals surface area contributed by atoms with Crippen LogP contribution in [0.4, 0.5) is 19.0 Å². The Hall–Kier alpha value is -2.81. The van der Waals surface area contributed by atoms with E-state index in [1.54, 1.807) is 12.1 Å². The molecule has 10 heteroatoms. The molecule has 0 aliphatic carbocycles. The zero-order chi connectivity index (χ0) is 20.5. The number of nitrogens with zero attached hydrogens (tertiary/aromatic N) is 4. The Morgan fingerprint density at radius 1 is 1.25 bits per heavy atom. The van der Waals surface area contributed by atoms with Crippen molar-refractivity contribution in [1.82, 2.24) is 19.5 Å². The van der Waals surface area contributed by atoms with Gasteiger partial charge in [-0.1, -0.05) is 25.1 Å². The van der Waals surface area contributed by atoms with Crippen LogP contribution in [0.1, 0.15) is 23.7 Å². The lowest BCUT2D eigenvalue weighted by Crippen LogP contribution is -2.05. The summed E-state index contributed by atoms with van der Waals surface area (Å²) in [5.41, 5.74) is 1.43. The molecule has 0 spiro atoms. The molecule has 6 nitrogen and oxygen atoms in total. The number of nitrogens with one attached hydrogen (secondary N) is 1. The molecule has 2 N–H and O–H groups in total.